The third-order valence-electron chi connectivity index (χ3n) is 3.97. The van der Waals surface area contributed by atoms with Crippen molar-refractivity contribution in [3.63, 3.8) is 0 Å². The maximum absolute atomic E-state index is 12.4. The van der Waals surface area contributed by atoms with Gasteiger partial charge in [0.15, 0.2) is 0 Å². The van der Waals surface area contributed by atoms with Gasteiger partial charge in [-0.15, -0.1) is 0 Å². The van der Waals surface area contributed by atoms with Gasteiger partial charge in [-0.05, 0) is 37.3 Å². The fraction of sp³-hybridized carbons (Fsp3) is 0.500. The van der Waals surface area contributed by atoms with Gasteiger partial charge in [0.1, 0.15) is 0 Å². The summed E-state index contributed by atoms with van der Waals surface area (Å²) in [7, 11) is 0. The number of carboxylic acids is 1. The Labute approximate surface area is 125 Å². The van der Waals surface area contributed by atoms with E-state index in [4.69, 9.17) is 5.11 Å². The summed E-state index contributed by atoms with van der Waals surface area (Å²) in [6.45, 7) is 2.77. The smallest absolute Gasteiger partial charge is 0.321 e. The van der Waals surface area contributed by atoms with Crippen LogP contribution in [0.15, 0.2) is 24.3 Å². The SMILES string of the molecule is Cc1ccccc1N(CCC(=O)O)C(=O)NCC1CCC1. The third-order valence-corrected chi connectivity index (χ3v) is 3.97. The maximum atomic E-state index is 12.4. The van der Waals surface area contributed by atoms with Crippen LogP contribution < -0.4 is 10.2 Å². The first-order valence-electron chi connectivity index (χ1n) is 7.40. The molecule has 2 N–H and O–H groups in total. The van der Waals surface area contributed by atoms with Crippen molar-refractivity contribution in [1.82, 2.24) is 5.32 Å². The summed E-state index contributed by atoms with van der Waals surface area (Å²) >= 11 is 0. The molecule has 1 aromatic carbocycles. The van der Waals surface area contributed by atoms with Crippen LogP contribution in [-0.4, -0.2) is 30.2 Å². The van der Waals surface area contributed by atoms with Crippen LogP contribution >= 0.6 is 0 Å². The molecule has 0 heterocycles. The number of urea groups is 1. The Morgan fingerprint density at radius 3 is 2.62 bits per heavy atom. The largest absolute Gasteiger partial charge is 0.481 e. The second-order valence-electron chi connectivity index (χ2n) is 5.56. The Balaban J connectivity index is 2.05. The minimum Gasteiger partial charge on any atom is -0.481 e. The van der Waals surface area contributed by atoms with Crippen molar-refractivity contribution in [2.24, 2.45) is 5.92 Å². The molecule has 0 atom stereocenters. The Bertz CT molecular complexity index is 512. The van der Waals surface area contributed by atoms with Crippen LogP contribution in [-0.2, 0) is 4.79 Å². The molecule has 1 aliphatic rings. The lowest BCUT2D eigenvalue weighted by molar-refractivity contribution is -0.136. The summed E-state index contributed by atoms with van der Waals surface area (Å²) in [6.07, 6.45) is 3.51. The van der Waals surface area contributed by atoms with Gasteiger partial charge in [-0.1, -0.05) is 24.6 Å². The van der Waals surface area contributed by atoms with Crippen molar-refractivity contribution in [1.29, 1.82) is 0 Å². The molecule has 0 spiro atoms. The fourth-order valence-electron chi connectivity index (χ4n) is 2.43. The molecule has 0 aliphatic heterocycles. The van der Waals surface area contributed by atoms with E-state index in [0.717, 1.165) is 11.3 Å². The van der Waals surface area contributed by atoms with Crippen LogP contribution in [0.25, 0.3) is 0 Å². The van der Waals surface area contributed by atoms with E-state index in [2.05, 4.69) is 5.32 Å². The van der Waals surface area contributed by atoms with Crippen LogP contribution in [0.4, 0.5) is 10.5 Å². The number of anilines is 1. The van der Waals surface area contributed by atoms with Crippen LogP contribution in [0.5, 0.6) is 0 Å². The Morgan fingerprint density at radius 2 is 2.05 bits per heavy atom. The monoisotopic (exact) mass is 290 g/mol. The molecule has 2 rings (SSSR count). The van der Waals surface area contributed by atoms with E-state index in [9.17, 15) is 9.59 Å². The average Bonchev–Trinajstić information content (AvgIpc) is 2.39. The van der Waals surface area contributed by atoms with E-state index >= 15 is 0 Å². The van der Waals surface area contributed by atoms with E-state index in [-0.39, 0.29) is 19.0 Å². The first-order chi connectivity index (χ1) is 10.1. The summed E-state index contributed by atoms with van der Waals surface area (Å²) in [5, 5.41) is 11.8. The number of aryl methyl sites for hydroxylation is 1. The number of nitrogens with zero attached hydrogens (tertiary/aromatic N) is 1. The zero-order valence-electron chi connectivity index (χ0n) is 12.3. The minimum atomic E-state index is -0.902. The number of carbonyl (C=O) groups excluding carboxylic acids is 1. The molecule has 1 aliphatic carbocycles. The lowest BCUT2D eigenvalue weighted by atomic mass is 9.85. The number of nitrogens with one attached hydrogen (secondary N) is 1. The lowest BCUT2D eigenvalue weighted by Crippen LogP contribution is -2.44. The molecule has 5 heteroatoms. The molecule has 1 fully saturated rings. The Kier molecular flexibility index (Phi) is 5.20. The number of aliphatic carboxylic acids is 1. The number of rotatable bonds is 6. The molecule has 1 saturated carbocycles. The van der Waals surface area contributed by atoms with Crippen LogP contribution in [0.1, 0.15) is 31.2 Å². The lowest BCUT2D eigenvalue weighted by Gasteiger charge is -2.28. The van der Waals surface area contributed by atoms with Crippen molar-refractivity contribution in [3.05, 3.63) is 29.8 Å². The average molecular weight is 290 g/mol. The molecule has 21 heavy (non-hydrogen) atoms. The van der Waals surface area contributed by atoms with Gasteiger partial charge < -0.3 is 10.4 Å². The van der Waals surface area contributed by atoms with Crippen molar-refractivity contribution >= 4 is 17.7 Å². The zero-order chi connectivity index (χ0) is 15.2. The Morgan fingerprint density at radius 1 is 1.33 bits per heavy atom. The normalized spacial score (nSPS) is 14.3. The highest BCUT2D eigenvalue weighted by Crippen LogP contribution is 2.25. The first kappa shape index (κ1) is 15.4. The van der Waals surface area contributed by atoms with Crippen molar-refractivity contribution < 1.29 is 14.7 Å². The second-order valence-corrected chi connectivity index (χ2v) is 5.56. The highest BCUT2D eigenvalue weighted by atomic mass is 16.4. The molecule has 0 unspecified atom stereocenters. The quantitative estimate of drug-likeness (QED) is 0.846. The summed E-state index contributed by atoms with van der Waals surface area (Å²) in [5.74, 6) is -0.326. The predicted octanol–water partition coefficient (Wildman–Crippen LogP) is 2.79. The molecule has 1 aromatic rings. The molecule has 5 nitrogen and oxygen atoms in total. The first-order valence-corrected chi connectivity index (χ1v) is 7.40. The van der Waals surface area contributed by atoms with E-state index in [1.807, 2.05) is 31.2 Å². The van der Waals surface area contributed by atoms with Gasteiger partial charge in [0.05, 0.1) is 6.42 Å². The minimum absolute atomic E-state index is 0.0643. The van der Waals surface area contributed by atoms with Gasteiger partial charge >= 0.3 is 12.0 Å². The number of hydrogen-bond acceptors (Lipinski definition) is 2. The van der Waals surface area contributed by atoms with E-state index in [0.29, 0.717) is 12.5 Å². The molecule has 2 amide bonds. The van der Waals surface area contributed by atoms with Gasteiger partial charge in [-0.3, -0.25) is 9.69 Å². The summed E-state index contributed by atoms with van der Waals surface area (Å²) in [5.41, 5.74) is 1.73. The van der Waals surface area contributed by atoms with Gasteiger partial charge in [0.2, 0.25) is 0 Å². The topological polar surface area (TPSA) is 69.6 Å². The standard InChI is InChI=1S/C16H22N2O3/c1-12-5-2-3-8-14(12)18(10-9-15(19)20)16(21)17-11-13-6-4-7-13/h2-3,5,8,13H,4,6-7,9-11H2,1H3,(H,17,21)(H,19,20). The maximum Gasteiger partial charge on any atom is 0.321 e. The predicted molar refractivity (Wildman–Crippen MR) is 81.5 cm³/mol. The van der Waals surface area contributed by atoms with Gasteiger partial charge in [-0.25, -0.2) is 4.79 Å². The Hall–Kier alpha value is -2.04. The number of carboxylic acid groups (broad SMARTS) is 1. The number of benzene rings is 1. The van der Waals surface area contributed by atoms with Crippen molar-refractivity contribution in [2.45, 2.75) is 32.6 Å². The van der Waals surface area contributed by atoms with Gasteiger partial charge in [-0.2, -0.15) is 0 Å². The van der Waals surface area contributed by atoms with Crippen molar-refractivity contribution in [3.8, 4) is 0 Å². The van der Waals surface area contributed by atoms with Gasteiger partial charge in [0.25, 0.3) is 0 Å². The van der Waals surface area contributed by atoms with E-state index in [1.54, 1.807) is 0 Å². The van der Waals surface area contributed by atoms with Crippen LogP contribution in [0, 0.1) is 12.8 Å². The molecular weight excluding hydrogens is 268 g/mol. The van der Waals surface area contributed by atoms with Crippen LogP contribution in [0.2, 0.25) is 0 Å². The van der Waals surface area contributed by atoms with E-state index in [1.165, 1.54) is 24.2 Å². The molecular formula is C16H22N2O3. The number of carbonyl (C=O) groups is 2. The molecule has 0 saturated heterocycles. The van der Waals surface area contributed by atoms with Crippen molar-refractivity contribution in [2.75, 3.05) is 18.0 Å². The third kappa shape index (κ3) is 4.21. The number of amides is 2. The summed E-state index contributed by atoms with van der Waals surface area (Å²) < 4.78 is 0. The van der Waals surface area contributed by atoms with E-state index < -0.39 is 5.97 Å². The zero-order valence-corrected chi connectivity index (χ0v) is 12.3. The molecule has 114 valence electrons. The number of para-hydroxylation sites is 1. The van der Waals surface area contributed by atoms with Crippen LogP contribution in [0.3, 0.4) is 0 Å². The van der Waals surface area contributed by atoms with Gasteiger partial charge in [0, 0.05) is 18.8 Å². The molecule has 0 bridgehead atoms. The second kappa shape index (κ2) is 7.11. The fourth-order valence-corrected chi connectivity index (χ4v) is 2.43. The summed E-state index contributed by atoms with van der Waals surface area (Å²) in [6, 6.07) is 7.32. The highest BCUT2D eigenvalue weighted by molar-refractivity contribution is 5.93. The molecule has 0 aromatic heterocycles. The highest BCUT2D eigenvalue weighted by Gasteiger charge is 2.22. The molecule has 0 radical (unpaired) electrons. The number of hydrogen-bond donors (Lipinski definition) is 2. The summed E-state index contributed by atoms with van der Waals surface area (Å²) in [4.78, 5) is 24.7.